The number of thiazole rings is 1. The Bertz CT molecular complexity index is 214. The van der Waals surface area contributed by atoms with Crippen molar-refractivity contribution in [3.05, 3.63) is 16.6 Å². The molecule has 0 spiro atoms. The molecule has 3 heteroatoms. The van der Waals surface area contributed by atoms with Gasteiger partial charge < -0.3 is 5.32 Å². The van der Waals surface area contributed by atoms with Crippen LogP contribution in [0.1, 0.15) is 24.3 Å². The van der Waals surface area contributed by atoms with Gasteiger partial charge in [0.15, 0.2) is 0 Å². The molecule has 0 bridgehead atoms. The van der Waals surface area contributed by atoms with E-state index in [2.05, 4.69) is 15.7 Å². The molecular formula is C9H14N2S. The summed E-state index contributed by atoms with van der Waals surface area (Å²) in [7, 11) is 0. The van der Waals surface area contributed by atoms with Crippen molar-refractivity contribution in [3.63, 3.8) is 0 Å². The zero-order valence-corrected chi connectivity index (χ0v) is 7.94. The van der Waals surface area contributed by atoms with E-state index in [0.29, 0.717) is 0 Å². The topological polar surface area (TPSA) is 24.9 Å². The first-order valence-corrected chi connectivity index (χ1v) is 5.45. The van der Waals surface area contributed by atoms with Crippen LogP contribution in [0.2, 0.25) is 0 Å². The highest BCUT2D eigenvalue weighted by Gasteiger charge is 2.13. The Morgan fingerprint density at radius 2 is 2.67 bits per heavy atom. The van der Waals surface area contributed by atoms with Crippen LogP contribution in [0.4, 0.5) is 0 Å². The highest BCUT2D eigenvalue weighted by atomic mass is 32.1. The Morgan fingerprint density at radius 3 is 3.33 bits per heavy atom. The molecule has 0 amide bonds. The fraction of sp³-hybridized carbons (Fsp3) is 0.667. The lowest BCUT2D eigenvalue weighted by Gasteiger charge is -2.07. The fourth-order valence-corrected chi connectivity index (χ4v) is 2.31. The monoisotopic (exact) mass is 182 g/mol. The summed E-state index contributed by atoms with van der Waals surface area (Å²) in [5.41, 5.74) is 0. The third kappa shape index (κ3) is 2.05. The maximum absolute atomic E-state index is 4.27. The molecule has 1 unspecified atom stereocenters. The molecule has 0 radical (unpaired) electrons. The Morgan fingerprint density at radius 1 is 1.67 bits per heavy atom. The molecule has 1 aliphatic heterocycles. The van der Waals surface area contributed by atoms with Gasteiger partial charge in [-0.3, -0.25) is 0 Å². The number of nitrogens with one attached hydrogen (secondary N) is 1. The molecule has 1 N–H and O–H groups in total. The van der Waals surface area contributed by atoms with Gasteiger partial charge in [-0.05, 0) is 25.8 Å². The molecule has 12 heavy (non-hydrogen) atoms. The molecule has 1 aromatic rings. The van der Waals surface area contributed by atoms with Gasteiger partial charge in [0.1, 0.15) is 0 Å². The Hall–Kier alpha value is -0.410. The van der Waals surface area contributed by atoms with E-state index in [1.54, 1.807) is 11.3 Å². The first-order chi connectivity index (χ1) is 5.95. The molecule has 1 aromatic heterocycles. The SMILES string of the molecule is c1csc(CCC2CCCN2)n1. The average Bonchev–Trinajstić information content (AvgIpc) is 2.74. The third-order valence-electron chi connectivity index (χ3n) is 2.35. The molecule has 0 saturated carbocycles. The van der Waals surface area contributed by atoms with Crippen molar-refractivity contribution in [1.82, 2.24) is 10.3 Å². The van der Waals surface area contributed by atoms with Crippen LogP contribution in [0.25, 0.3) is 0 Å². The Kier molecular flexibility index (Phi) is 2.74. The van der Waals surface area contributed by atoms with E-state index in [1.807, 2.05) is 6.20 Å². The van der Waals surface area contributed by atoms with E-state index >= 15 is 0 Å². The van der Waals surface area contributed by atoms with Gasteiger partial charge in [0, 0.05) is 24.0 Å². The predicted molar refractivity (Wildman–Crippen MR) is 51.5 cm³/mol. The summed E-state index contributed by atoms with van der Waals surface area (Å²) in [6.07, 6.45) is 7.00. The lowest BCUT2D eigenvalue weighted by Crippen LogP contribution is -2.21. The molecule has 1 atom stereocenters. The van der Waals surface area contributed by atoms with E-state index in [9.17, 15) is 0 Å². The van der Waals surface area contributed by atoms with E-state index in [4.69, 9.17) is 0 Å². The molecule has 0 aromatic carbocycles. The number of aromatic nitrogens is 1. The Balaban J connectivity index is 1.74. The Labute approximate surface area is 77.0 Å². The molecule has 1 saturated heterocycles. The van der Waals surface area contributed by atoms with E-state index in [1.165, 1.54) is 30.8 Å². The van der Waals surface area contributed by atoms with Gasteiger partial charge in [0.05, 0.1) is 5.01 Å². The van der Waals surface area contributed by atoms with Crippen LogP contribution in [0, 0.1) is 0 Å². The van der Waals surface area contributed by atoms with Gasteiger partial charge in [0.25, 0.3) is 0 Å². The van der Waals surface area contributed by atoms with E-state index in [0.717, 1.165) is 12.5 Å². The molecule has 2 nitrogen and oxygen atoms in total. The minimum Gasteiger partial charge on any atom is -0.314 e. The van der Waals surface area contributed by atoms with Crippen LogP contribution in [-0.4, -0.2) is 17.6 Å². The van der Waals surface area contributed by atoms with Gasteiger partial charge in [-0.2, -0.15) is 0 Å². The molecule has 66 valence electrons. The van der Waals surface area contributed by atoms with Gasteiger partial charge >= 0.3 is 0 Å². The maximum Gasteiger partial charge on any atom is 0.0925 e. The first kappa shape index (κ1) is 8.20. The maximum atomic E-state index is 4.27. The summed E-state index contributed by atoms with van der Waals surface area (Å²) in [4.78, 5) is 4.27. The van der Waals surface area contributed by atoms with Crippen molar-refractivity contribution in [3.8, 4) is 0 Å². The summed E-state index contributed by atoms with van der Waals surface area (Å²) in [6.45, 7) is 1.21. The molecular weight excluding hydrogens is 168 g/mol. The second-order valence-electron chi connectivity index (χ2n) is 3.26. The van der Waals surface area contributed by atoms with Crippen molar-refractivity contribution in [2.45, 2.75) is 31.7 Å². The highest BCUT2D eigenvalue weighted by molar-refractivity contribution is 7.09. The number of nitrogens with zero attached hydrogens (tertiary/aromatic N) is 1. The second-order valence-corrected chi connectivity index (χ2v) is 4.24. The van der Waals surface area contributed by atoms with Gasteiger partial charge in [-0.1, -0.05) is 0 Å². The zero-order valence-electron chi connectivity index (χ0n) is 7.12. The van der Waals surface area contributed by atoms with Gasteiger partial charge in [-0.15, -0.1) is 11.3 Å². The average molecular weight is 182 g/mol. The summed E-state index contributed by atoms with van der Waals surface area (Å²) in [5.74, 6) is 0. The molecule has 0 aliphatic carbocycles. The van der Waals surface area contributed by atoms with Crippen LogP contribution in [-0.2, 0) is 6.42 Å². The lowest BCUT2D eigenvalue weighted by atomic mass is 10.1. The van der Waals surface area contributed by atoms with E-state index in [-0.39, 0.29) is 0 Å². The van der Waals surface area contributed by atoms with Crippen molar-refractivity contribution in [1.29, 1.82) is 0 Å². The van der Waals surface area contributed by atoms with Crippen molar-refractivity contribution in [2.75, 3.05) is 6.54 Å². The number of aryl methyl sites for hydroxylation is 1. The molecule has 1 aliphatic rings. The van der Waals surface area contributed by atoms with Gasteiger partial charge in [0.2, 0.25) is 0 Å². The summed E-state index contributed by atoms with van der Waals surface area (Å²) >= 11 is 1.77. The smallest absolute Gasteiger partial charge is 0.0925 e. The van der Waals surface area contributed by atoms with Crippen LogP contribution in [0.15, 0.2) is 11.6 Å². The van der Waals surface area contributed by atoms with Crippen molar-refractivity contribution < 1.29 is 0 Å². The summed E-state index contributed by atoms with van der Waals surface area (Å²) in [5, 5.41) is 6.83. The van der Waals surface area contributed by atoms with Crippen LogP contribution in [0.5, 0.6) is 0 Å². The number of hydrogen-bond acceptors (Lipinski definition) is 3. The minimum absolute atomic E-state index is 0.758. The zero-order chi connectivity index (χ0) is 8.23. The predicted octanol–water partition coefficient (Wildman–Crippen LogP) is 1.83. The van der Waals surface area contributed by atoms with Crippen LogP contribution >= 0.6 is 11.3 Å². The van der Waals surface area contributed by atoms with Crippen molar-refractivity contribution in [2.24, 2.45) is 0 Å². The van der Waals surface area contributed by atoms with Crippen molar-refractivity contribution >= 4 is 11.3 Å². The first-order valence-electron chi connectivity index (χ1n) is 4.57. The molecule has 1 fully saturated rings. The lowest BCUT2D eigenvalue weighted by molar-refractivity contribution is 0.558. The second kappa shape index (κ2) is 4.01. The van der Waals surface area contributed by atoms with Crippen LogP contribution in [0.3, 0.4) is 0 Å². The quantitative estimate of drug-likeness (QED) is 0.771. The van der Waals surface area contributed by atoms with Gasteiger partial charge in [-0.25, -0.2) is 4.98 Å². The molecule has 2 rings (SSSR count). The molecule has 2 heterocycles. The number of rotatable bonds is 3. The number of hydrogen-bond donors (Lipinski definition) is 1. The highest BCUT2D eigenvalue weighted by Crippen LogP contribution is 2.13. The standard InChI is InChI=1S/C9H14N2S/c1-2-8(10-5-1)3-4-9-11-6-7-12-9/h6-8,10H,1-5H2. The fourth-order valence-electron chi connectivity index (χ4n) is 1.68. The summed E-state index contributed by atoms with van der Waals surface area (Å²) < 4.78 is 0. The summed E-state index contributed by atoms with van der Waals surface area (Å²) in [6, 6.07) is 0.758. The third-order valence-corrected chi connectivity index (χ3v) is 3.19. The largest absolute Gasteiger partial charge is 0.314 e. The minimum atomic E-state index is 0.758. The normalized spacial score (nSPS) is 23.2. The van der Waals surface area contributed by atoms with E-state index < -0.39 is 0 Å². The van der Waals surface area contributed by atoms with Crippen LogP contribution < -0.4 is 5.32 Å².